The summed E-state index contributed by atoms with van der Waals surface area (Å²) >= 11 is 6.17. The first-order valence-electron chi connectivity index (χ1n) is 8.39. The molecule has 1 aliphatic rings. The Labute approximate surface area is 151 Å². The maximum Gasteiger partial charge on any atom is 0.270 e. The minimum Gasteiger partial charge on any atom is -0.347 e. The summed E-state index contributed by atoms with van der Waals surface area (Å²) in [6, 6.07) is 19.2. The number of benzene rings is 2. The lowest BCUT2D eigenvalue weighted by atomic mass is 10.2. The molecule has 1 fully saturated rings. The van der Waals surface area contributed by atoms with E-state index in [0.717, 1.165) is 29.8 Å². The van der Waals surface area contributed by atoms with Crippen molar-refractivity contribution in [2.24, 2.45) is 0 Å². The third-order valence-electron chi connectivity index (χ3n) is 4.35. The van der Waals surface area contributed by atoms with Crippen LogP contribution in [0.3, 0.4) is 0 Å². The molecule has 0 bridgehead atoms. The summed E-state index contributed by atoms with van der Waals surface area (Å²) in [5.74, 6) is 0.336. The average Bonchev–Trinajstić information content (AvgIpc) is 3.40. The molecule has 0 unspecified atom stereocenters. The van der Waals surface area contributed by atoms with Gasteiger partial charge in [0, 0.05) is 17.5 Å². The van der Waals surface area contributed by atoms with Gasteiger partial charge in [0.1, 0.15) is 5.69 Å². The molecule has 1 N–H and O–H groups in total. The predicted octanol–water partition coefficient (Wildman–Crippen LogP) is 4.33. The molecule has 2 aromatic carbocycles. The first kappa shape index (κ1) is 15.9. The van der Waals surface area contributed by atoms with Crippen molar-refractivity contribution in [2.45, 2.75) is 25.3 Å². The van der Waals surface area contributed by atoms with Crippen LogP contribution in [0.15, 0.2) is 60.7 Å². The van der Waals surface area contributed by atoms with E-state index in [1.807, 2.05) is 60.7 Å². The van der Waals surface area contributed by atoms with Crippen LogP contribution in [0.1, 0.15) is 40.5 Å². The SMILES string of the molecule is O=C(NCc1ccccc1Cl)c1cc(C2CC2)nn1-c1ccccc1. The molecule has 1 heterocycles. The number of rotatable bonds is 5. The summed E-state index contributed by atoms with van der Waals surface area (Å²) in [4.78, 5) is 12.8. The molecule has 25 heavy (non-hydrogen) atoms. The summed E-state index contributed by atoms with van der Waals surface area (Å²) in [7, 11) is 0. The normalized spacial score (nSPS) is 13.6. The highest BCUT2D eigenvalue weighted by Gasteiger charge is 2.29. The average molecular weight is 352 g/mol. The topological polar surface area (TPSA) is 46.9 Å². The van der Waals surface area contributed by atoms with E-state index in [9.17, 15) is 4.79 Å². The number of nitrogens with zero attached hydrogens (tertiary/aromatic N) is 2. The Balaban J connectivity index is 1.60. The van der Waals surface area contributed by atoms with Gasteiger partial charge in [-0.05, 0) is 42.7 Å². The van der Waals surface area contributed by atoms with Gasteiger partial charge in [-0.2, -0.15) is 5.10 Å². The quantitative estimate of drug-likeness (QED) is 0.743. The van der Waals surface area contributed by atoms with E-state index in [-0.39, 0.29) is 5.91 Å². The number of halogens is 1. The molecule has 0 aliphatic heterocycles. The van der Waals surface area contributed by atoms with Gasteiger partial charge in [0.2, 0.25) is 0 Å². The minimum absolute atomic E-state index is 0.150. The maximum absolute atomic E-state index is 12.8. The maximum atomic E-state index is 12.8. The zero-order valence-electron chi connectivity index (χ0n) is 13.7. The molecule has 5 heteroatoms. The molecule has 1 aliphatic carbocycles. The number of amides is 1. The lowest BCUT2D eigenvalue weighted by Gasteiger charge is -2.09. The number of carbonyl (C=O) groups is 1. The van der Waals surface area contributed by atoms with Gasteiger partial charge >= 0.3 is 0 Å². The predicted molar refractivity (Wildman–Crippen MR) is 98.2 cm³/mol. The minimum atomic E-state index is -0.150. The van der Waals surface area contributed by atoms with E-state index >= 15 is 0 Å². The highest BCUT2D eigenvalue weighted by Crippen LogP contribution is 2.39. The number of para-hydroxylation sites is 1. The van der Waals surface area contributed by atoms with Crippen LogP contribution in [0.2, 0.25) is 5.02 Å². The fourth-order valence-electron chi connectivity index (χ4n) is 2.81. The van der Waals surface area contributed by atoms with Crippen LogP contribution in [-0.2, 0) is 6.54 Å². The Bertz CT molecular complexity index is 900. The Morgan fingerprint density at radius 3 is 2.56 bits per heavy atom. The lowest BCUT2D eigenvalue weighted by molar-refractivity contribution is 0.0943. The number of hydrogen-bond donors (Lipinski definition) is 1. The summed E-state index contributed by atoms with van der Waals surface area (Å²) < 4.78 is 1.73. The van der Waals surface area contributed by atoms with Gasteiger partial charge in [0.05, 0.1) is 11.4 Å². The highest BCUT2D eigenvalue weighted by molar-refractivity contribution is 6.31. The van der Waals surface area contributed by atoms with Gasteiger partial charge in [-0.25, -0.2) is 4.68 Å². The van der Waals surface area contributed by atoms with Crippen molar-refractivity contribution in [3.63, 3.8) is 0 Å². The molecule has 1 amide bonds. The summed E-state index contributed by atoms with van der Waals surface area (Å²) in [6.07, 6.45) is 2.29. The van der Waals surface area contributed by atoms with Crippen molar-refractivity contribution >= 4 is 17.5 Å². The van der Waals surface area contributed by atoms with Crippen LogP contribution in [0.25, 0.3) is 5.69 Å². The van der Waals surface area contributed by atoms with E-state index in [4.69, 9.17) is 11.6 Å². The van der Waals surface area contributed by atoms with E-state index in [2.05, 4.69) is 10.4 Å². The van der Waals surface area contributed by atoms with Gasteiger partial charge in [-0.3, -0.25) is 4.79 Å². The molecule has 1 aromatic heterocycles. The first-order chi connectivity index (χ1) is 12.2. The summed E-state index contributed by atoms with van der Waals surface area (Å²) in [5, 5.41) is 8.27. The third-order valence-corrected chi connectivity index (χ3v) is 4.72. The van der Waals surface area contributed by atoms with Crippen molar-refractivity contribution in [3.05, 3.63) is 82.6 Å². The van der Waals surface area contributed by atoms with Gasteiger partial charge < -0.3 is 5.32 Å². The molecule has 0 saturated heterocycles. The van der Waals surface area contributed by atoms with Gasteiger partial charge in [-0.1, -0.05) is 48.0 Å². The summed E-state index contributed by atoms with van der Waals surface area (Å²) in [5.41, 5.74) is 3.33. The van der Waals surface area contributed by atoms with Crippen molar-refractivity contribution < 1.29 is 4.79 Å². The number of hydrogen-bond acceptors (Lipinski definition) is 2. The smallest absolute Gasteiger partial charge is 0.270 e. The molecule has 3 aromatic rings. The Kier molecular flexibility index (Phi) is 4.28. The lowest BCUT2D eigenvalue weighted by Crippen LogP contribution is -2.25. The van der Waals surface area contributed by atoms with Gasteiger partial charge in [-0.15, -0.1) is 0 Å². The van der Waals surface area contributed by atoms with Crippen LogP contribution in [0, 0.1) is 0 Å². The standard InChI is InChI=1S/C20H18ClN3O/c21-17-9-5-4-6-15(17)13-22-20(25)19-12-18(14-10-11-14)23-24(19)16-7-2-1-3-8-16/h1-9,12,14H,10-11,13H2,(H,22,25). The second kappa shape index (κ2) is 6.73. The van der Waals surface area contributed by atoms with E-state index in [1.165, 1.54) is 0 Å². The highest BCUT2D eigenvalue weighted by atomic mass is 35.5. The summed E-state index contributed by atoms with van der Waals surface area (Å²) in [6.45, 7) is 0.386. The monoisotopic (exact) mass is 351 g/mol. The molecule has 0 radical (unpaired) electrons. The fraction of sp³-hybridized carbons (Fsp3) is 0.200. The molecule has 4 nitrogen and oxygen atoms in total. The van der Waals surface area contributed by atoms with Crippen molar-refractivity contribution in [3.8, 4) is 5.69 Å². The van der Waals surface area contributed by atoms with Crippen LogP contribution in [-0.4, -0.2) is 15.7 Å². The second-order valence-electron chi connectivity index (χ2n) is 6.25. The Morgan fingerprint density at radius 1 is 1.12 bits per heavy atom. The number of nitrogens with one attached hydrogen (secondary N) is 1. The zero-order valence-corrected chi connectivity index (χ0v) is 14.4. The molecule has 1 saturated carbocycles. The van der Waals surface area contributed by atoms with Crippen LogP contribution >= 0.6 is 11.6 Å². The molecule has 126 valence electrons. The van der Waals surface area contributed by atoms with Crippen LogP contribution in [0.4, 0.5) is 0 Å². The van der Waals surface area contributed by atoms with E-state index in [0.29, 0.717) is 23.2 Å². The zero-order chi connectivity index (χ0) is 17.2. The molecule has 0 spiro atoms. The van der Waals surface area contributed by atoms with Crippen molar-refractivity contribution in [1.82, 2.24) is 15.1 Å². The first-order valence-corrected chi connectivity index (χ1v) is 8.77. The number of carbonyl (C=O) groups excluding carboxylic acids is 1. The second-order valence-corrected chi connectivity index (χ2v) is 6.66. The third kappa shape index (κ3) is 3.44. The molecular formula is C20H18ClN3O. The van der Waals surface area contributed by atoms with E-state index < -0.39 is 0 Å². The number of aromatic nitrogens is 2. The van der Waals surface area contributed by atoms with Gasteiger partial charge in [0.15, 0.2) is 0 Å². The Morgan fingerprint density at radius 2 is 1.84 bits per heavy atom. The largest absolute Gasteiger partial charge is 0.347 e. The van der Waals surface area contributed by atoms with E-state index in [1.54, 1.807) is 4.68 Å². The van der Waals surface area contributed by atoms with Crippen molar-refractivity contribution in [2.75, 3.05) is 0 Å². The molecule has 4 rings (SSSR count). The molecular weight excluding hydrogens is 334 g/mol. The van der Waals surface area contributed by atoms with Gasteiger partial charge in [0.25, 0.3) is 5.91 Å². The van der Waals surface area contributed by atoms with Crippen LogP contribution < -0.4 is 5.32 Å². The van der Waals surface area contributed by atoms with Crippen molar-refractivity contribution in [1.29, 1.82) is 0 Å². The Hall–Kier alpha value is -2.59. The fourth-order valence-corrected chi connectivity index (χ4v) is 3.02. The van der Waals surface area contributed by atoms with Crippen LogP contribution in [0.5, 0.6) is 0 Å². The molecule has 0 atom stereocenters.